The quantitative estimate of drug-likeness (QED) is 0.377. The maximum absolute atomic E-state index is 5.94. The molecule has 0 aromatic rings. The summed E-state index contributed by atoms with van der Waals surface area (Å²) in [4.78, 5) is 4.74. The number of hydrogen-bond acceptors (Lipinski definition) is 4. The van der Waals surface area contributed by atoms with Gasteiger partial charge in [-0.05, 0) is 46.0 Å². The molecule has 144 valence electrons. The van der Waals surface area contributed by atoms with Crippen LogP contribution in [0.3, 0.4) is 0 Å². The molecule has 0 amide bonds. The number of ether oxygens (including phenoxy) is 3. The Morgan fingerprint density at radius 2 is 2.16 bits per heavy atom. The van der Waals surface area contributed by atoms with E-state index in [2.05, 4.69) is 24.5 Å². The van der Waals surface area contributed by atoms with E-state index in [0.717, 1.165) is 64.7 Å². The highest BCUT2D eigenvalue weighted by molar-refractivity contribution is 5.80. The van der Waals surface area contributed by atoms with Crippen molar-refractivity contribution in [1.82, 2.24) is 10.6 Å². The van der Waals surface area contributed by atoms with Gasteiger partial charge in [-0.2, -0.15) is 0 Å². The number of nitrogens with one attached hydrogen (secondary N) is 2. The molecule has 25 heavy (non-hydrogen) atoms. The predicted molar refractivity (Wildman–Crippen MR) is 99.0 cm³/mol. The Hall–Kier alpha value is -0.850. The number of rotatable bonds is 9. The van der Waals surface area contributed by atoms with E-state index in [4.69, 9.17) is 19.2 Å². The average molecular weight is 354 g/mol. The van der Waals surface area contributed by atoms with Crippen molar-refractivity contribution in [2.45, 2.75) is 70.6 Å². The molecule has 0 radical (unpaired) electrons. The van der Waals surface area contributed by atoms with Crippen LogP contribution < -0.4 is 10.6 Å². The van der Waals surface area contributed by atoms with Crippen LogP contribution in [0.15, 0.2) is 4.99 Å². The second-order valence-corrected chi connectivity index (χ2v) is 7.43. The van der Waals surface area contributed by atoms with Gasteiger partial charge in [-0.3, -0.25) is 4.99 Å². The van der Waals surface area contributed by atoms with Crippen LogP contribution in [0.4, 0.5) is 0 Å². The van der Waals surface area contributed by atoms with E-state index in [9.17, 15) is 0 Å². The number of nitrogens with zero attached hydrogens (tertiary/aromatic N) is 1. The van der Waals surface area contributed by atoms with E-state index in [1.54, 1.807) is 0 Å². The van der Waals surface area contributed by atoms with Gasteiger partial charge in [-0.1, -0.05) is 6.42 Å². The fourth-order valence-corrected chi connectivity index (χ4v) is 4.28. The summed E-state index contributed by atoms with van der Waals surface area (Å²) in [7, 11) is 0. The van der Waals surface area contributed by atoms with Gasteiger partial charge in [-0.25, -0.2) is 0 Å². The first-order valence-electron chi connectivity index (χ1n) is 10.1. The van der Waals surface area contributed by atoms with Crippen molar-refractivity contribution in [3.63, 3.8) is 0 Å². The van der Waals surface area contributed by atoms with Crippen LogP contribution in [-0.4, -0.2) is 63.7 Å². The molecule has 6 heteroatoms. The first-order chi connectivity index (χ1) is 12.3. The molecule has 0 aromatic heterocycles. The van der Waals surface area contributed by atoms with Crippen molar-refractivity contribution in [2.24, 2.45) is 10.4 Å². The minimum atomic E-state index is 0.291. The van der Waals surface area contributed by atoms with Gasteiger partial charge >= 0.3 is 0 Å². The van der Waals surface area contributed by atoms with E-state index < -0.39 is 0 Å². The van der Waals surface area contributed by atoms with Gasteiger partial charge in [0.25, 0.3) is 0 Å². The second-order valence-electron chi connectivity index (χ2n) is 7.43. The van der Waals surface area contributed by atoms with E-state index >= 15 is 0 Å². The highest BCUT2D eigenvalue weighted by Crippen LogP contribution is 2.57. The molecule has 3 unspecified atom stereocenters. The summed E-state index contributed by atoms with van der Waals surface area (Å²) in [5.41, 5.74) is 0.359. The molecule has 3 fully saturated rings. The summed E-state index contributed by atoms with van der Waals surface area (Å²) >= 11 is 0. The summed E-state index contributed by atoms with van der Waals surface area (Å²) < 4.78 is 17.1. The van der Waals surface area contributed by atoms with Gasteiger partial charge in [0, 0.05) is 44.4 Å². The topological polar surface area (TPSA) is 64.1 Å². The Bertz CT molecular complexity index is 434. The Labute approximate surface area is 152 Å². The van der Waals surface area contributed by atoms with Crippen LogP contribution in [0.1, 0.15) is 52.4 Å². The third-order valence-electron chi connectivity index (χ3n) is 5.91. The molecule has 0 aromatic carbocycles. The van der Waals surface area contributed by atoms with Crippen LogP contribution in [0.2, 0.25) is 0 Å². The molecule has 3 aliphatic rings. The first kappa shape index (κ1) is 18.9. The van der Waals surface area contributed by atoms with Crippen LogP contribution in [0, 0.1) is 5.41 Å². The van der Waals surface area contributed by atoms with Crippen LogP contribution in [-0.2, 0) is 14.2 Å². The standard InChI is InChI=1S/C19H35N3O3/c1-3-20-18(21-10-6-11-25-15-7-12-23-14-15)22-16-13-17(24-4-2)19(16)8-5-9-19/h15-17H,3-14H2,1-2H3,(H2,20,21,22). The maximum atomic E-state index is 5.94. The minimum Gasteiger partial charge on any atom is -0.379 e. The van der Waals surface area contributed by atoms with Gasteiger partial charge in [0.15, 0.2) is 5.96 Å². The van der Waals surface area contributed by atoms with Crippen molar-refractivity contribution >= 4 is 5.96 Å². The summed E-state index contributed by atoms with van der Waals surface area (Å²) in [6.45, 7) is 9.05. The molecule has 1 aliphatic heterocycles. The fourth-order valence-electron chi connectivity index (χ4n) is 4.28. The summed E-state index contributed by atoms with van der Waals surface area (Å²) in [6.07, 6.45) is 7.70. The van der Waals surface area contributed by atoms with Crippen molar-refractivity contribution < 1.29 is 14.2 Å². The van der Waals surface area contributed by atoms with Gasteiger partial charge in [0.1, 0.15) is 0 Å². The lowest BCUT2D eigenvalue weighted by Gasteiger charge is -2.61. The van der Waals surface area contributed by atoms with Crippen molar-refractivity contribution in [3.8, 4) is 0 Å². The molecule has 3 atom stereocenters. The summed E-state index contributed by atoms with van der Waals surface area (Å²) in [5.74, 6) is 0.943. The Balaban J connectivity index is 1.41. The predicted octanol–water partition coefficient (Wildman–Crippen LogP) is 2.08. The Morgan fingerprint density at radius 1 is 1.28 bits per heavy atom. The van der Waals surface area contributed by atoms with Gasteiger partial charge in [-0.15, -0.1) is 0 Å². The number of hydrogen-bond donors (Lipinski definition) is 2. The van der Waals surface area contributed by atoms with Crippen LogP contribution in [0.5, 0.6) is 0 Å². The molecule has 1 heterocycles. The molecule has 1 spiro atoms. The van der Waals surface area contributed by atoms with Gasteiger partial charge in [0.2, 0.25) is 0 Å². The molecule has 2 N–H and O–H groups in total. The van der Waals surface area contributed by atoms with E-state index in [-0.39, 0.29) is 0 Å². The molecule has 3 rings (SSSR count). The summed E-state index contributed by atoms with van der Waals surface area (Å²) in [6, 6.07) is 0.502. The van der Waals surface area contributed by atoms with Crippen molar-refractivity contribution in [1.29, 1.82) is 0 Å². The fraction of sp³-hybridized carbons (Fsp3) is 0.947. The molecular weight excluding hydrogens is 318 g/mol. The van der Waals surface area contributed by atoms with E-state index in [0.29, 0.717) is 23.7 Å². The number of aliphatic imine (C=N–C) groups is 1. The third-order valence-corrected chi connectivity index (χ3v) is 5.91. The molecule has 0 bridgehead atoms. The average Bonchev–Trinajstić information content (AvgIpc) is 3.05. The summed E-state index contributed by atoms with van der Waals surface area (Å²) in [5, 5.41) is 7.05. The second kappa shape index (κ2) is 9.19. The SMILES string of the molecule is CCNC(=NCCCOC1CCOC1)NC1CC(OCC)C12CCC2. The highest BCUT2D eigenvalue weighted by Gasteiger charge is 2.59. The first-order valence-corrected chi connectivity index (χ1v) is 10.1. The lowest BCUT2D eigenvalue weighted by atomic mass is 9.51. The Kier molecular flexibility index (Phi) is 6.96. The zero-order valence-electron chi connectivity index (χ0n) is 15.9. The lowest BCUT2D eigenvalue weighted by molar-refractivity contribution is -0.168. The smallest absolute Gasteiger partial charge is 0.191 e. The maximum Gasteiger partial charge on any atom is 0.191 e. The van der Waals surface area contributed by atoms with E-state index in [1.807, 2.05) is 0 Å². The highest BCUT2D eigenvalue weighted by atomic mass is 16.5. The largest absolute Gasteiger partial charge is 0.379 e. The van der Waals surface area contributed by atoms with Crippen LogP contribution in [0.25, 0.3) is 0 Å². The molecule has 1 saturated heterocycles. The minimum absolute atomic E-state index is 0.291. The third kappa shape index (κ3) is 4.47. The van der Waals surface area contributed by atoms with Crippen molar-refractivity contribution in [3.05, 3.63) is 0 Å². The molecule has 2 saturated carbocycles. The van der Waals surface area contributed by atoms with Crippen molar-refractivity contribution in [2.75, 3.05) is 39.5 Å². The van der Waals surface area contributed by atoms with E-state index in [1.165, 1.54) is 19.3 Å². The zero-order chi connectivity index (χ0) is 17.5. The number of guanidine groups is 1. The lowest BCUT2D eigenvalue weighted by Crippen LogP contribution is -2.68. The zero-order valence-corrected chi connectivity index (χ0v) is 15.9. The van der Waals surface area contributed by atoms with Gasteiger partial charge in [0.05, 0.1) is 18.8 Å². The Morgan fingerprint density at radius 3 is 2.80 bits per heavy atom. The monoisotopic (exact) mass is 353 g/mol. The molecular formula is C19H35N3O3. The normalized spacial score (nSPS) is 30.8. The molecule has 2 aliphatic carbocycles. The molecule has 6 nitrogen and oxygen atoms in total. The van der Waals surface area contributed by atoms with Gasteiger partial charge < -0.3 is 24.8 Å². The van der Waals surface area contributed by atoms with Crippen LogP contribution >= 0.6 is 0 Å².